The Hall–Kier alpha value is -1.38. The van der Waals surface area contributed by atoms with Crippen molar-refractivity contribution >= 4 is 5.97 Å². The molecule has 1 aromatic rings. The highest BCUT2D eigenvalue weighted by Gasteiger charge is 2.50. The number of aliphatic carboxylic acids is 1. The number of rotatable bonds is 3. The van der Waals surface area contributed by atoms with Crippen LogP contribution in [0.2, 0.25) is 0 Å². The summed E-state index contributed by atoms with van der Waals surface area (Å²) in [7, 11) is 0. The van der Waals surface area contributed by atoms with E-state index in [1.54, 1.807) is 18.5 Å². The summed E-state index contributed by atoms with van der Waals surface area (Å²) in [6.07, 6.45) is 5.93. The summed E-state index contributed by atoms with van der Waals surface area (Å²) in [5, 5.41) is 9.32. The number of nitrogens with zero attached hydrogens (tertiary/aromatic N) is 1. The van der Waals surface area contributed by atoms with Gasteiger partial charge in [0.05, 0.1) is 5.41 Å². The molecular weight excluding hydrogens is 190 g/mol. The van der Waals surface area contributed by atoms with Gasteiger partial charge in [0, 0.05) is 12.4 Å². The topological polar surface area (TPSA) is 50.2 Å². The second kappa shape index (κ2) is 3.65. The van der Waals surface area contributed by atoms with Crippen molar-refractivity contribution < 1.29 is 9.90 Å². The zero-order valence-electron chi connectivity index (χ0n) is 8.81. The molecule has 3 nitrogen and oxygen atoms in total. The Labute approximate surface area is 89.2 Å². The van der Waals surface area contributed by atoms with Crippen LogP contribution in [0.3, 0.4) is 0 Å². The predicted molar refractivity (Wildman–Crippen MR) is 56.6 cm³/mol. The van der Waals surface area contributed by atoms with Crippen molar-refractivity contribution in [3.05, 3.63) is 30.1 Å². The molecule has 1 heterocycles. The van der Waals surface area contributed by atoms with Crippen molar-refractivity contribution in [3.8, 4) is 0 Å². The number of pyridine rings is 1. The molecule has 1 N–H and O–H groups in total. The molecule has 1 fully saturated rings. The summed E-state index contributed by atoms with van der Waals surface area (Å²) in [5.41, 5.74) is 0.191. The molecule has 0 aliphatic heterocycles. The van der Waals surface area contributed by atoms with E-state index in [1.165, 1.54) is 0 Å². The monoisotopic (exact) mass is 205 g/mol. The van der Waals surface area contributed by atoms with Crippen molar-refractivity contribution in [2.45, 2.75) is 31.6 Å². The van der Waals surface area contributed by atoms with E-state index >= 15 is 0 Å². The van der Waals surface area contributed by atoms with Gasteiger partial charge in [-0.1, -0.05) is 19.4 Å². The minimum atomic E-state index is -0.708. The first-order chi connectivity index (χ1) is 7.19. The van der Waals surface area contributed by atoms with Gasteiger partial charge in [0.15, 0.2) is 0 Å². The van der Waals surface area contributed by atoms with Gasteiger partial charge in [0.25, 0.3) is 0 Å². The molecule has 0 amide bonds. The van der Waals surface area contributed by atoms with Crippen molar-refractivity contribution in [2.24, 2.45) is 5.92 Å². The quantitative estimate of drug-likeness (QED) is 0.823. The zero-order valence-corrected chi connectivity index (χ0v) is 8.81. The largest absolute Gasteiger partial charge is 0.481 e. The maximum atomic E-state index is 11.3. The smallest absolute Gasteiger partial charge is 0.314 e. The van der Waals surface area contributed by atoms with Gasteiger partial charge in [-0.3, -0.25) is 9.78 Å². The van der Waals surface area contributed by atoms with Gasteiger partial charge in [-0.2, -0.15) is 0 Å². The Morgan fingerprint density at radius 1 is 1.67 bits per heavy atom. The Morgan fingerprint density at radius 2 is 2.40 bits per heavy atom. The minimum Gasteiger partial charge on any atom is -0.481 e. The van der Waals surface area contributed by atoms with Gasteiger partial charge in [-0.25, -0.2) is 0 Å². The van der Waals surface area contributed by atoms with Crippen molar-refractivity contribution in [1.82, 2.24) is 4.98 Å². The lowest BCUT2D eigenvalue weighted by Crippen LogP contribution is -2.47. The maximum Gasteiger partial charge on any atom is 0.314 e. The summed E-state index contributed by atoms with van der Waals surface area (Å²) in [5.74, 6) is -0.151. The highest BCUT2D eigenvalue weighted by Crippen LogP contribution is 2.49. The number of carbonyl (C=O) groups is 1. The van der Waals surface area contributed by atoms with E-state index in [0.717, 1.165) is 24.8 Å². The van der Waals surface area contributed by atoms with Gasteiger partial charge in [-0.05, 0) is 30.4 Å². The van der Waals surface area contributed by atoms with Crippen LogP contribution in [0.25, 0.3) is 0 Å². The first-order valence-corrected chi connectivity index (χ1v) is 5.33. The van der Waals surface area contributed by atoms with Crippen LogP contribution < -0.4 is 0 Å². The second-order valence-electron chi connectivity index (χ2n) is 4.31. The highest BCUT2D eigenvalue weighted by atomic mass is 16.4. The van der Waals surface area contributed by atoms with E-state index in [0.29, 0.717) is 5.92 Å². The minimum absolute atomic E-state index is 0.557. The fourth-order valence-corrected chi connectivity index (χ4v) is 2.39. The van der Waals surface area contributed by atoms with E-state index in [-0.39, 0.29) is 0 Å². The third kappa shape index (κ3) is 1.52. The lowest BCUT2D eigenvalue weighted by atomic mass is 9.58. The average molecular weight is 205 g/mol. The fourth-order valence-electron chi connectivity index (χ4n) is 2.39. The number of carboxylic acids is 1. The van der Waals surface area contributed by atoms with E-state index in [2.05, 4.69) is 11.9 Å². The van der Waals surface area contributed by atoms with Crippen LogP contribution in [0, 0.1) is 5.92 Å². The van der Waals surface area contributed by atoms with Crippen LogP contribution in [-0.2, 0) is 10.2 Å². The molecule has 2 rings (SSSR count). The number of carboxylic acid groups (broad SMARTS) is 1. The molecule has 1 aromatic heterocycles. The molecule has 0 aromatic carbocycles. The summed E-state index contributed by atoms with van der Waals surface area (Å²) >= 11 is 0. The maximum absolute atomic E-state index is 11.3. The fraction of sp³-hybridized carbons (Fsp3) is 0.500. The van der Waals surface area contributed by atoms with E-state index in [9.17, 15) is 9.90 Å². The second-order valence-corrected chi connectivity index (χ2v) is 4.31. The van der Waals surface area contributed by atoms with Crippen LogP contribution in [0.5, 0.6) is 0 Å². The molecule has 15 heavy (non-hydrogen) atoms. The van der Waals surface area contributed by atoms with Crippen LogP contribution in [0.1, 0.15) is 31.7 Å². The molecule has 1 aliphatic rings. The van der Waals surface area contributed by atoms with Gasteiger partial charge >= 0.3 is 5.97 Å². The van der Waals surface area contributed by atoms with E-state index < -0.39 is 11.4 Å². The molecule has 0 saturated heterocycles. The lowest BCUT2D eigenvalue weighted by Gasteiger charge is -2.44. The molecule has 1 aliphatic carbocycles. The van der Waals surface area contributed by atoms with Gasteiger partial charge in [0.2, 0.25) is 0 Å². The van der Waals surface area contributed by atoms with Crippen LogP contribution in [0.15, 0.2) is 24.5 Å². The standard InChI is InChI=1S/C12H15NO2/c1-2-9-6-12(7-9,11(14)15)10-4-3-5-13-8-10/h3-5,8-9H,2,6-7H2,1H3,(H,14,15). The summed E-state index contributed by atoms with van der Waals surface area (Å²) in [6, 6.07) is 3.67. The van der Waals surface area contributed by atoms with Crippen molar-refractivity contribution in [2.75, 3.05) is 0 Å². The number of hydrogen-bond acceptors (Lipinski definition) is 2. The van der Waals surface area contributed by atoms with Crippen molar-refractivity contribution in [1.29, 1.82) is 0 Å². The third-order valence-electron chi connectivity index (χ3n) is 3.48. The molecule has 80 valence electrons. The molecule has 1 saturated carbocycles. The predicted octanol–water partition coefficient (Wildman–Crippen LogP) is 2.22. The first kappa shape index (κ1) is 10.1. The van der Waals surface area contributed by atoms with Gasteiger partial charge < -0.3 is 5.11 Å². The lowest BCUT2D eigenvalue weighted by molar-refractivity contribution is -0.149. The molecule has 0 unspecified atom stereocenters. The van der Waals surface area contributed by atoms with Crippen molar-refractivity contribution in [3.63, 3.8) is 0 Å². The normalized spacial score (nSPS) is 29.5. The molecule has 0 radical (unpaired) electrons. The first-order valence-electron chi connectivity index (χ1n) is 5.33. The molecular formula is C12H15NO2. The Balaban J connectivity index is 2.27. The van der Waals surface area contributed by atoms with Crippen LogP contribution >= 0.6 is 0 Å². The summed E-state index contributed by atoms with van der Waals surface area (Å²) in [6.45, 7) is 2.11. The van der Waals surface area contributed by atoms with Crippen LogP contribution in [-0.4, -0.2) is 16.1 Å². The average Bonchev–Trinajstić information content (AvgIpc) is 2.18. The zero-order chi connectivity index (χ0) is 10.9. The number of aromatic nitrogens is 1. The SMILES string of the molecule is CCC1CC(C(=O)O)(c2cccnc2)C1. The van der Waals surface area contributed by atoms with E-state index in [4.69, 9.17) is 0 Å². The Bertz CT molecular complexity index is 355. The van der Waals surface area contributed by atoms with Gasteiger partial charge in [-0.15, -0.1) is 0 Å². The summed E-state index contributed by atoms with van der Waals surface area (Å²) < 4.78 is 0. The van der Waals surface area contributed by atoms with Crippen LogP contribution in [0.4, 0.5) is 0 Å². The Kier molecular flexibility index (Phi) is 2.47. The van der Waals surface area contributed by atoms with Gasteiger partial charge in [0.1, 0.15) is 0 Å². The van der Waals surface area contributed by atoms with E-state index in [1.807, 2.05) is 6.07 Å². The molecule has 3 heteroatoms. The molecule has 0 spiro atoms. The molecule has 0 atom stereocenters. The highest BCUT2D eigenvalue weighted by molar-refractivity contribution is 5.82. The third-order valence-corrected chi connectivity index (χ3v) is 3.48. The summed E-state index contributed by atoms with van der Waals surface area (Å²) in [4.78, 5) is 15.3. The Morgan fingerprint density at radius 3 is 2.87 bits per heavy atom. The molecule has 0 bridgehead atoms. The number of hydrogen-bond donors (Lipinski definition) is 1.